The third-order valence-electron chi connectivity index (χ3n) is 2.23. The molecular formula is C10H10N2O2. The van der Waals surface area contributed by atoms with E-state index in [0.29, 0.717) is 16.8 Å². The number of fused-ring (bicyclic) bond motifs is 1. The first-order valence-corrected chi connectivity index (χ1v) is 4.24. The molecule has 0 unspecified atom stereocenters. The molecule has 1 heterocycles. The molecule has 0 aliphatic heterocycles. The van der Waals surface area contributed by atoms with Gasteiger partial charge in [-0.25, -0.2) is 0 Å². The van der Waals surface area contributed by atoms with Crippen LogP contribution in [0.5, 0.6) is 5.75 Å². The zero-order valence-corrected chi connectivity index (χ0v) is 8.00. The van der Waals surface area contributed by atoms with Gasteiger partial charge in [-0.3, -0.25) is 9.89 Å². The number of nitrogens with one attached hydrogen (secondary N) is 1. The van der Waals surface area contributed by atoms with Gasteiger partial charge < -0.3 is 4.74 Å². The highest BCUT2D eigenvalue weighted by atomic mass is 16.5. The molecule has 4 nitrogen and oxygen atoms in total. The molecule has 2 rings (SSSR count). The van der Waals surface area contributed by atoms with Crippen molar-refractivity contribution in [3.63, 3.8) is 0 Å². The summed E-state index contributed by atoms with van der Waals surface area (Å²) in [6.07, 6.45) is 0.766. The highest BCUT2D eigenvalue weighted by Crippen LogP contribution is 2.28. The third kappa shape index (κ3) is 1.08. The van der Waals surface area contributed by atoms with Gasteiger partial charge in [-0.15, -0.1) is 0 Å². The fourth-order valence-corrected chi connectivity index (χ4v) is 1.51. The first kappa shape index (κ1) is 8.74. The summed E-state index contributed by atoms with van der Waals surface area (Å²) in [7, 11) is 1.53. The van der Waals surface area contributed by atoms with Crippen LogP contribution >= 0.6 is 0 Å². The number of nitrogens with zero attached hydrogens (tertiary/aromatic N) is 1. The van der Waals surface area contributed by atoms with Gasteiger partial charge in [-0.1, -0.05) is 0 Å². The largest absolute Gasteiger partial charge is 0.494 e. The number of aromatic amines is 1. The number of aryl methyl sites for hydroxylation is 1. The summed E-state index contributed by atoms with van der Waals surface area (Å²) >= 11 is 0. The molecule has 0 aliphatic rings. The Bertz CT molecular complexity index is 488. The van der Waals surface area contributed by atoms with Crippen LogP contribution in [0.2, 0.25) is 0 Å². The fourth-order valence-electron chi connectivity index (χ4n) is 1.51. The van der Waals surface area contributed by atoms with E-state index in [-0.39, 0.29) is 0 Å². The molecule has 0 amide bonds. The lowest BCUT2D eigenvalue weighted by molar-refractivity contribution is 0.112. The van der Waals surface area contributed by atoms with E-state index in [4.69, 9.17) is 4.74 Å². The molecule has 0 aliphatic carbocycles. The number of rotatable bonds is 2. The van der Waals surface area contributed by atoms with Gasteiger partial charge in [0.25, 0.3) is 0 Å². The predicted molar refractivity (Wildman–Crippen MR) is 52.8 cm³/mol. The van der Waals surface area contributed by atoms with Gasteiger partial charge >= 0.3 is 0 Å². The van der Waals surface area contributed by atoms with E-state index in [2.05, 4.69) is 10.2 Å². The Kier molecular flexibility index (Phi) is 1.96. The van der Waals surface area contributed by atoms with Crippen LogP contribution in [0.25, 0.3) is 10.9 Å². The van der Waals surface area contributed by atoms with E-state index in [9.17, 15) is 4.79 Å². The van der Waals surface area contributed by atoms with E-state index in [1.165, 1.54) is 7.11 Å². The Morgan fingerprint density at radius 1 is 1.50 bits per heavy atom. The van der Waals surface area contributed by atoms with Crippen LogP contribution in [0.4, 0.5) is 0 Å². The predicted octanol–water partition coefficient (Wildman–Crippen LogP) is 1.69. The summed E-state index contributed by atoms with van der Waals surface area (Å²) in [4.78, 5) is 10.7. The highest BCUT2D eigenvalue weighted by Gasteiger charge is 2.11. The van der Waals surface area contributed by atoms with Crippen molar-refractivity contribution >= 4 is 17.2 Å². The molecule has 0 saturated carbocycles. The summed E-state index contributed by atoms with van der Waals surface area (Å²) in [5.41, 5.74) is 2.19. The molecule has 0 atom stereocenters. The Balaban J connectivity index is 2.84. The molecule has 0 saturated heterocycles. The first-order valence-electron chi connectivity index (χ1n) is 4.24. The number of hydrogen-bond donors (Lipinski definition) is 1. The van der Waals surface area contributed by atoms with Gasteiger partial charge in [0.15, 0.2) is 12.0 Å². The smallest absolute Gasteiger partial charge is 0.157 e. The molecule has 0 radical (unpaired) electrons. The van der Waals surface area contributed by atoms with Crippen LogP contribution in [0.3, 0.4) is 0 Å². The SMILES string of the molecule is COc1c(C=O)ccc2c(C)[nH]nc12. The number of aromatic nitrogens is 2. The monoisotopic (exact) mass is 190 g/mol. The van der Waals surface area contributed by atoms with Crippen molar-refractivity contribution in [3.8, 4) is 5.75 Å². The number of carbonyl (C=O) groups excluding carboxylic acids is 1. The van der Waals surface area contributed by atoms with E-state index >= 15 is 0 Å². The van der Waals surface area contributed by atoms with Crippen LogP contribution in [-0.2, 0) is 0 Å². The maximum Gasteiger partial charge on any atom is 0.157 e. The zero-order chi connectivity index (χ0) is 10.1. The van der Waals surface area contributed by atoms with E-state index in [1.807, 2.05) is 13.0 Å². The third-order valence-corrected chi connectivity index (χ3v) is 2.23. The van der Waals surface area contributed by atoms with Gasteiger partial charge in [-0.05, 0) is 19.1 Å². The van der Waals surface area contributed by atoms with Gasteiger partial charge in [-0.2, -0.15) is 5.10 Å². The average Bonchev–Trinajstić information content (AvgIpc) is 2.59. The molecule has 1 aromatic heterocycles. The second kappa shape index (κ2) is 3.14. The van der Waals surface area contributed by atoms with Gasteiger partial charge in [0, 0.05) is 11.1 Å². The molecule has 0 fully saturated rings. The van der Waals surface area contributed by atoms with Crippen LogP contribution in [0.1, 0.15) is 16.1 Å². The number of H-pyrrole nitrogens is 1. The molecule has 1 aromatic carbocycles. The lowest BCUT2D eigenvalue weighted by atomic mass is 10.1. The van der Waals surface area contributed by atoms with Crippen molar-refractivity contribution in [2.24, 2.45) is 0 Å². The number of ether oxygens (including phenoxy) is 1. The lowest BCUT2D eigenvalue weighted by Crippen LogP contribution is -1.91. The summed E-state index contributed by atoms with van der Waals surface area (Å²) in [5, 5.41) is 7.92. The Labute approximate surface area is 80.9 Å². The number of hydrogen-bond acceptors (Lipinski definition) is 3. The minimum Gasteiger partial charge on any atom is -0.494 e. The maximum atomic E-state index is 10.7. The van der Waals surface area contributed by atoms with Crippen LogP contribution in [0, 0.1) is 6.92 Å². The van der Waals surface area contributed by atoms with Crippen molar-refractivity contribution in [2.75, 3.05) is 7.11 Å². The van der Waals surface area contributed by atoms with Crippen LogP contribution in [0.15, 0.2) is 12.1 Å². The van der Waals surface area contributed by atoms with Crippen LogP contribution in [-0.4, -0.2) is 23.6 Å². The normalized spacial score (nSPS) is 10.4. The van der Waals surface area contributed by atoms with Gasteiger partial charge in [0.05, 0.1) is 12.7 Å². The minimum absolute atomic E-state index is 0.520. The summed E-state index contributed by atoms with van der Waals surface area (Å²) in [5.74, 6) is 0.529. The molecule has 0 spiro atoms. The van der Waals surface area contributed by atoms with Crippen molar-refractivity contribution < 1.29 is 9.53 Å². The fraction of sp³-hybridized carbons (Fsp3) is 0.200. The molecule has 4 heteroatoms. The summed E-state index contributed by atoms with van der Waals surface area (Å²) in [6.45, 7) is 1.93. The first-order chi connectivity index (χ1) is 6.77. The molecule has 2 aromatic rings. The zero-order valence-electron chi connectivity index (χ0n) is 8.00. The van der Waals surface area contributed by atoms with E-state index in [1.54, 1.807) is 6.07 Å². The van der Waals surface area contributed by atoms with Gasteiger partial charge in [0.2, 0.25) is 0 Å². The second-order valence-corrected chi connectivity index (χ2v) is 3.05. The number of benzene rings is 1. The molecule has 14 heavy (non-hydrogen) atoms. The summed E-state index contributed by atoms with van der Waals surface area (Å²) < 4.78 is 5.15. The molecule has 0 bridgehead atoms. The maximum absolute atomic E-state index is 10.7. The number of aldehydes is 1. The Morgan fingerprint density at radius 3 is 2.93 bits per heavy atom. The van der Waals surface area contributed by atoms with E-state index < -0.39 is 0 Å². The average molecular weight is 190 g/mol. The van der Waals surface area contributed by atoms with Crippen molar-refractivity contribution in [2.45, 2.75) is 6.92 Å². The number of carbonyl (C=O) groups is 1. The molecule has 72 valence electrons. The molecule has 1 N–H and O–H groups in total. The van der Waals surface area contributed by atoms with Gasteiger partial charge in [0.1, 0.15) is 5.52 Å². The van der Waals surface area contributed by atoms with E-state index in [0.717, 1.165) is 17.4 Å². The standard InChI is InChI=1S/C10H10N2O2/c1-6-8-4-3-7(5-13)10(14-2)9(8)12-11-6/h3-5H,1-2H3,(H,11,12). The minimum atomic E-state index is 0.520. The van der Waals surface area contributed by atoms with Crippen molar-refractivity contribution in [1.82, 2.24) is 10.2 Å². The quantitative estimate of drug-likeness (QED) is 0.733. The Morgan fingerprint density at radius 2 is 2.29 bits per heavy atom. The molecular weight excluding hydrogens is 180 g/mol. The van der Waals surface area contributed by atoms with Crippen molar-refractivity contribution in [1.29, 1.82) is 0 Å². The van der Waals surface area contributed by atoms with Crippen molar-refractivity contribution in [3.05, 3.63) is 23.4 Å². The highest BCUT2D eigenvalue weighted by molar-refractivity contribution is 5.94. The second-order valence-electron chi connectivity index (χ2n) is 3.05. The van der Waals surface area contributed by atoms with Crippen LogP contribution < -0.4 is 4.74 Å². The Hall–Kier alpha value is -1.84. The topological polar surface area (TPSA) is 55.0 Å². The number of methoxy groups -OCH3 is 1. The summed E-state index contributed by atoms with van der Waals surface area (Å²) in [6, 6.07) is 3.59. The lowest BCUT2D eigenvalue weighted by Gasteiger charge is -2.03.